The van der Waals surface area contributed by atoms with E-state index in [9.17, 15) is 4.79 Å². The molecule has 6 heteroatoms. The summed E-state index contributed by atoms with van der Waals surface area (Å²) in [4.78, 5) is 19.6. The summed E-state index contributed by atoms with van der Waals surface area (Å²) in [5.74, 6) is 0.0228. The van der Waals surface area contributed by atoms with Crippen molar-refractivity contribution in [3.63, 3.8) is 0 Å². The van der Waals surface area contributed by atoms with Gasteiger partial charge in [-0.25, -0.2) is 0 Å². The third-order valence-corrected chi connectivity index (χ3v) is 2.83. The van der Waals surface area contributed by atoms with Gasteiger partial charge in [0.25, 0.3) is 0 Å². The molecule has 0 fully saturated rings. The van der Waals surface area contributed by atoms with Crippen molar-refractivity contribution in [2.24, 2.45) is 5.73 Å². The van der Waals surface area contributed by atoms with Crippen molar-refractivity contribution in [3.8, 4) is 0 Å². The first-order valence-corrected chi connectivity index (χ1v) is 6.07. The summed E-state index contributed by atoms with van der Waals surface area (Å²) in [5.41, 5.74) is 7.22. The van der Waals surface area contributed by atoms with Gasteiger partial charge in [-0.1, -0.05) is 12.2 Å². The zero-order valence-electron chi connectivity index (χ0n) is 10.9. The van der Waals surface area contributed by atoms with Crippen molar-refractivity contribution in [1.82, 2.24) is 9.88 Å². The molecule has 0 saturated heterocycles. The Balaban J connectivity index is 3.02. The maximum Gasteiger partial charge on any atom is 0.241 e. The average molecular weight is 266 g/mol. The van der Waals surface area contributed by atoms with E-state index in [1.807, 2.05) is 11.8 Å². The van der Waals surface area contributed by atoms with E-state index in [0.717, 1.165) is 11.3 Å². The van der Waals surface area contributed by atoms with Gasteiger partial charge in [0.15, 0.2) is 0 Å². The first kappa shape index (κ1) is 14.4. The predicted octanol–water partition coefficient (Wildman–Crippen LogP) is 0.630. The molecule has 0 atom stereocenters. The Morgan fingerprint density at radius 1 is 1.50 bits per heavy atom. The molecule has 1 aromatic heterocycles. The number of rotatable bonds is 5. The average Bonchev–Trinajstić information content (AvgIpc) is 2.35. The molecule has 0 aliphatic carbocycles. The number of thiocarbonyl (C=S) groups is 1. The van der Waals surface area contributed by atoms with Gasteiger partial charge in [-0.3, -0.25) is 9.78 Å². The van der Waals surface area contributed by atoms with E-state index >= 15 is 0 Å². The maximum absolute atomic E-state index is 11.8. The zero-order chi connectivity index (χ0) is 13.7. The number of amides is 1. The van der Waals surface area contributed by atoms with E-state index in [2.05, 4.69) is 4.98 Å². The molecule has 0 bridgehead atoms. The van der Waals surface area contributed by atoms with Gasteiger partial charge in [0.05, 0.1) is 18.4 Å². The van der Waals surface area contributed by atoms with E-state index < -0.39 is 0 Å². The Hall–Kier alpha value is -1.69. The minimum absolute atomic E-state index is 0.0228. The van der Waals surface area contributed by atoms with Crippen molar-refractivity contribution >= 4 is 28.8 Å². The largest absolute Gasteiger partial charge is 0.389 e. The number of likely N-dealkylation sites (N-methyl/N-ethyl adjacent to an activating group) is 2. The number of carbonyl (C=O) groups excluding carboxylic acids is 1. The van der Waals surface area contributed by atoms with E-state index in [4.69, 9.17) is 18.0 Å². The summed E-state index contributed by atoms with van der Waals surface area (Å²) in [6, 6.07) is 1.76. The van der Waals surface area contributed by atoms with Gasteiger partial charge in [0.2, 0.25) is 5.91 Å². The molecule has 0 unspecified atom stereocenters. The summed E-state index contributed by atoms with van der Waals surface area (Å²) in [6.45, 7) is 2.94. The number of nitrogens with two attached hydrogens (primary N) is 1. The molecule has 18 heavy (non-hydrogen) atoms. The molecular weight excluding hydrogens is 248 g/mol. The van der Waals surface area contributed by atoms with Gasteiger partial charge >= 0.3 is 0 Å². The Labute approximate surface area is 113 Å². The second kappa shape index (κ2) is 6.30. The summed E-state index contributed by atoms with van der Waals surface area (Å²) >= 11 is 5.01. The topological polar surface area (TPSA) is 62.5 Å². The van der Waals surface area contributed by atoms with Crippen molar-refractivity contribution in [2.45, 2.75) is 6.92 Å². The number of nitrogens with zero attached hydrogens (tertiary/aromatic N) is 3. The fraction of sp³-hybridized carbons (Fsp3) is 0.417. The molecule has 1 rings (SSSR count). The summed E-state index contributed by atoms with van der Waals surface area (Å²) in [6.07, 6.45) is 3.32. The first-order chi connectivity index (χ1) is 8.47. The lowest BCUT2D eigenvalue weighted by atomic mass is 10.2. The molecule has 1 aromatic rings. The fourth-order valence-corrected chi connectivity index (χ4v) is 1.69. The second-order valence-corrected chi connectivity index (χ2v) is 4.50. The van der Waals surface area contributed by atoms with Crippen LogP contribution in [0.4, 0.5) is 5.69 Å². The van der Waals surface area contributed by atoms with E-state index in [1.165, 1.54) is 0 Å². The summed E-state index contributed by atoms with van der Waals surface area (Å²) in [7, 11) is 3.46. The lowest BCUT2D eigenvalue weighted by Gasteiger charge is -2.25. The number of anilines is 1. The van der Waals surface area contributed by atoms with Crippen LogP contribution in [0.1, 0.15) is 12.5 Å². The Morgan fingerprint density at radius 3 is 2.67 bits per heavy atom. The highest BCUT2D eigenvalue weighted by Gasteiger charge is 2.15. The van der Waals surface area contributed by atoms with Crippen molar-refractivity contribution in [3.05, 3.63) is 24.0 Å². The number of aromatic nitrogens is 1. The number of carbonyl (C=O) groups is 1. The van der Waals surface area contributed by atoms with Crippen LogP contribution in [0, 0.1) is 0 Å². The monoisotopic (exact) mass is 266 g/mol. The van der Waals surface area contributed by atoms with Crippen LogP contribution in [0.2, 0.25) is 0 Å². The smallest absolute Gasteiger partial charge is 0.241 e. The molecule has 0 spiro atoms. The molecule has 0 radical (unpaired) electrons. The second-order valence-electron chi connectivity index (χ2n) is 4.06. The first-order valence-electron chi connectivity index (χ1n) is 5.66. The number of pyridine rings is 1. The molecule has 2 N–H and O–H groups in total. The standard InChI is InChI=1S/C12H18N4OS/c1-4-16(8-11(17)15(2)3)10-7-14-6-5-9(10)12(13)18/h5-7H,4,8H2,1-3H3,(H2,13,18). The summed E-state index contributed by atoms with van der Waals surface area (Å²) < 4.78 is 0. The SMILES string of the molecule is CCN(CC(=O)N(C)C)c1cnccc1C(N)=S. The third-order valence-electron chi connectivity index (χ3n) is 2.61. The van der Waals surface area contributed by atoms with Gasteiger partial charge in [-0.2, -0.15) is 0 Å². The van der Waals surface area contributed by atoms with Crippen LogP contribution in [0.3, 0.4) is 0 Å². The third kappa shape index (κ3) is 3.40. The van der Waals surface area contributed by atoms with Crippen molar-refractivity contribution < 1.29 is 4.79 Å². The van der Waals surface area contributed by atoms with Gasteiger partial charge in [0, 0.05) is 32.4 Å². The number of hydrogen-bond donors (Lipinski definition) is 1. The zero-order valence-corrected chi connectivity index (χ0v) is 11.7. The lowest BCUT2D eigenvalue weighted by Crippen LogP contribution is -2.37. The Kier molecular flexibility index (Phi) is 5.03. The molecular formula is C12H18N4OS. The molecule has 0 aliphatic heterocycles. The van der Waals surface area contributed by atoms with Crippen LogP contribution in [-0.4, -0.2) is 48.0 Å². The highest BCUT2D eigenvalue weighted by atomic mass is 32.1. The molecule has 0 aromatic carbocycles. The van der Waals surface area contributed by atoms with Gasteiger partial charge in [0.1, 0.15) is 4.99 Å². The van der Waals surface area contributed by atoms with Crippen molar-refractivity contribution in [2.75, 3.05) is 32.1 Å². The fourth-order valence-electron chi connectivity index (χ4n) is 1.52. The maximum atomic E-state index is 11.8. The molecule has 1 heterocycles. The normalized spacial score (nSPS) is 9.94. The van der Waals surface area contributed by atoms with Crippen LogP contribution < -0.4 is 10.6 Å². The molecule has 1 amide bonds. The minimum Gasteiger partial charge on any atom is -0.389 e. The molecule has 5 nitrogen and oxygen atoms in total. The van der Waals surface area contributed by atoms with Crippen LogP contribution in [0.15, 0.2) is 18.5 Å². The van der Waals surface area contributed by atoms with E-state index in [0.29, 0.717) is 11.5 Å². The summed E-state index contributed by atoms with van der Waals surface area (Å²) in [5, 5.41) is 0. The van der Waals surface area contributed by atoms with Gasteiger partial charge in [-0.05, 0) is 13.0 Å². The Morgan fingerprint density at radius 2 is 2.17 bits per heavy atom. The van der Waals surface area contributed by atoms with Crippen LogP contribution in [-0.2, 0) is 4.79 Å². The minimum atomic E-state index is 0.0228. The molecule has 98 valence electrons. The predicted molar refractivity (Wildman–Crippen MR) is 76.7 cm³/mol. The highest BCUT2D eigenvalue weighted by Crippen LogP contribution is 2.18. The quantitative estimate of drug-likeness (QED) is 0.792. The number of hydrogen-bond acceptors (Lipinski definition) is 4. The Bertz CT molecular complexity index is 447. The molecule has 0 saturated carbocycles. The van der Waals surface area contributed by atoms with Gasteiger partial charge < -0.3 is 15.5 Å². The van der Waals surface area contributed by atoms with Crippen LogP contribution in [0.25, 0.3) is 0 Å². The van der Waals surface area contributed by atoms with Gasteiger partial charge in [-0.15, -0.1) is 0 Å². The van der Waals surface area contributed by atoms with Crippen LogP contribution >= 0.6 is 12.2 Å². The van der Waals surface area contributed by atoms with Crippen molar-refractivity contribution in [1.29, 1.82) is 0 Å². The van der Waals surface area contributed by atoms with E-state index in [1.54, 1.807) is 37.5 Å². The van der Waals surface area contributed by atoms with Crippen LogP contribution in [0.5, 0.6) is 0 Å². The molecule has 0 aliphatic rings. The van der Waals surface area contributed by atoms with E-state index in [-0.39, 0.29) is 12.5 Å². The highest BCUT2D eigenvalue weighted by molar-refractivity contribution is 7.80. The lowest BCUT2D eigenvalue weighted by molar-refractivity contribution is -0.127.